The zero-order valence-corrected chi connectivity index (χ0v) is 23.1. The molecule has 2 heterocycles. The van der Waals surface area contributed by atoms with Gasteiger partial charge in [-0.2, -0.15) is 43.1 Å². The summed E-state index contributed by atoms with van der Waals surface area (Å²) in [6.07, 6.45) is -19.0. The van der Waals surface area contributed by atoms with Crippen LogP contribution in [-0.4, -0.2) is 148 Å². The SMILES string of the molecule is CO[C@@H]1O[C@@H](C(=O)O)[C@@H](O[C@H]2O[C@H](COS(=O)(=O)O)[C@@H](O)[C@H](OS(=O)(=O)O)[C@H]2NS(=O)(=O)O)[C@H](O)[C@H]1NS(=O)(=O)O. The molecule has 41 heavy (non-hydrogen) atoms. The standard InChI is InChI=1S/C13H24N2O22S4/c1-32-12-4(14-38(20,21)22)7(17)9(10(36-12)11(18)19)35-13-5(15-39(23,24)25)8(37-41(29,30)31)6(16)3(34-13)2-33-40(26,27)28/h3-10,12-17H,2H2,1H3,(H,18,19)(H,20,21,22)(H,23,24,25)(H,26,27,28)(H,29,30,31)/t3-,4-,5-,6-,7-,8-,9+,10-,12-,13-/m1/s1. The van der Waals surface area contributed by atoms with E-state index >= 15 is 0 Å². The largest absolute Gasteiger partial charge is 0.479 e. The van der Waals surface area contributed by atoms with Crippen molar-refractivity contribution in [2.75, 3.05) is 13.7 Å². The van der Waals surface area contributed by atoms with Gasteiger partial charge >= 0.3 is 47.4 Å². The van der Waals surface area contributed by atoms with E-state index in [1.54, 1.807) is 0 Å². The van der Waals surface area contributed by atoms with Gasteiger partial charge in [-0.1, -0.05) is 0 Å². The second-order valence-electron chi connectivity index (χ2n) is 8.06. The van der Waals surface area contributed by atoms with Crippen LogP contribution in [0.4, 0.5) is 0 Å². The van der Waals surface area contributed by atoms with Crippen molar-refractivity contribution in [3.05, 3.63) is 0 Å². The van der Waals surface area contributed by atoms with E-state index in [1.807, 2.05) is 0 Å². The number of hydrogen-bond acceptors (Lipinski definition) is 17. The highest BCUT2D eigenvalue weighted by Crippen LogP contribution is 2.32. The molecular weight excluding hydrogens is 664 g/mol. The van der Waals surface area contributed by atoms with Gasteiger partial charge < -0.3 is 34.3 Å². The van der Waals surface area contributed by atoms with Crippen molar-refractivity contribution in [3.8, 4) is 0 Å². The van der Waals surface area contributed by atoms with Gasteiger partial charge in [0.15, 0.2) is 18.7 Å². The Labute approximate surface area is 231 Å². The average Bonchev–Trinajstić information content (AvgIpc) is 2.76. The Morgan fingerprint density at radius 2 is 1.32 bits per heavy atom. The molecule has 9 N–H and O–H groups in total. The molecule has 0 saturated carbocycles. The lowest BCUT2D eigenvalue weighted by molar-refractivity contribution is -0.321. The van der Waals surface area contributed by atoms with Crippen molar-refractivity contribution in [2.45, 2.75) is 61.3 Å². The molecule has 2 aliphatic rings. The van der Waals surface area contributed by atoms with Gasteiger partial charge in [0.05, 0.1) is 6.61 Å². The summed E-state index contributed by atoms with van der Waals surface area (Å²) in [7, 11) is -20.7. The minimum Gasteiger partial charge on any atom is -0.479 e. The predicted octanol–water partition coefficient (Wildman–Crippen LogP) is -6.20. The summed E-state index contributed by atoms with van der Waals surface area (Å²) in [5.41, 5.74) is 0. The number of carboxylic acid groups (broad SMARTS) is 1. The first kappa shape index (κ1) is 35.9. The minimum atomic E-state index is -5.63. The topological polar surface area (TPSA) is 375 Å². The van der Waals surface area contributed by atoms with Crippen molar-refractivity contribution in [3.63, 3.8) is 0 Å². The van der Waals surface area contributed by atoms with Crippen LogP contribution in [0.1, 0.15) is 0 Å². The molecule has 0 amide bonds. The molecule has 2 saturated heterocycles. The van der Waals surface area contributed by atoms with Crippen LogP contribution in [0.2, 0.25) is 0 Å². The lowest BCUT2D eigenvalue weighted by atomic mass is 9.95. The quantitative estimate of drug-likeness (QED) is 0.0812. The van der Waals surface area contributed by atoms with E-state index in [2.05, 4.69) is 8.37 Å². The monoisotopic (exact) mass is 688 g/mol. The van der Waals surface area contributed by atoms with Gasteiger partial charge in [-0.3, -0.25) is 18.2 Å². The minimum absolute atomic E-state index is 0.866. The molecule has 0 aromatic carbocycles. The van der Waals surface area contributed by atoms with Gasteiger partial charge in [-0.05, 0) is 0 Å². The molecule has 0 radical (unpaired) electrons. The first-order valence-electron chi connectivity index (χ1n) is 10.3. The summed E-state index contributed by atoms with van der Waals surface area (Å²) >= 11 is 0. The van der Waals surface area contributed by atoms with Gasteiger partial charge in [0.1, 0.15) is 42.6 Å². The fourth-order valence-electron chi connectivity index (χ4n) is 3.73. The fraction of sp³-hybridized carbons (Fsp3) is 0.923. The molecule has 2 rings (SSSR count). The molecule has 0 bridgehead atoms. The summed E-state index contributed by atoms with van der Waals surface area (Å²) in [5.74, 6) is -1.95. The van der Waals surface area contributed by atoms with E-state index in [9.17, 15) is 58.3 Å². The van der Waals surface area contributed by atoms with Crippen LogP contribution in [0.25, 0.3) is 0 Å². The number of hydrogen-bond donors (Lipinski definition) is 9. The first-order chi connectivity index (χ1) is 18.4. The van der Waals surface area contributed by atoms with Crippen molar-refractivity contribution in [1.29, 1.82) is 0 Å². The normalized spacial score (nSPS) is 35.7. The number of carboxylic acids is 1. The van der Waals surface area contributed by atoms with Crippen LogP contribution in [0, 0.1) is 0 Å². The molecular formula is C13H24N2O22S4. The Morgan fingerprint density at radius 3 is 1.76 bits per heavy atom. The number of aliphatic hydroxyl groups is 2. The van der Waals surface area contributed by atoms with Crippen molar-refractivity contribution < 1.29 is 99.3 Å². The zero-order chi connectivity index (χ0) is 31.7. The third-order valence-corrected chi connectivity index (χ3v) is 7.24. The van der Waals surface area contributed by atoms with Crippen LogP contribution >= 0.6 is 0 Å². The summed E-state index contributed by atoms with van der Waals surface area (Å²) in [5, 5.41) is 30.8. The molecule has 28 heteroatoms. The van der Waals surface area contributed by atoms with Gasteiger partial charge in [0.25, 0.3) is 0 Å². The van der Waals surface area contributed by atoms with Gasteiger partial charge in [0, 0.05) is 7.11 Å². The number of methoxy groups -OCH3 is 1. The van der Waals surface area contributed by atoms with Crippen LogP contribution in [-0.2, 0) is 73.5 Å². The van der Waals surface area contributed by atoms with E-state index in [4.69, 9.17) is 32.6 Å². The van der Waals surface area contributed by atoms with Crippen molar-refractivity contribution in [2.24, 2.45) is 0 Å². The third-order valence-electron chi connectivity index (χ3n) is 5.20. The highest BCUT2D eigenvalue weighted by Gasteiger charge is 2.55. The number of aliphatic hydroxyl groups excluding tert-OH is 2. The van der Waals surface area contributed by atoms with Crippen LogP contribution < -0.4 is 9.44 Å². The Balaban J connectivity index is 2.61. The Morgan fingerprint density at radius 1 is 0.780 bits per heavy atom. The van der Waals surface area contributed by atoms with E-state index in [0.717, 1.165) is 7.11 Å². The van der Waals surface area contributed by atoms with Crippen LogP contribution in [0.5, 0.6) is 0 Å². The molecule has 0 spiro atoms. The smallest absolute Gasteiger partial charge is 0.397 e. The maximum absolute atomic E-state index is 11.9. The van der Waals surface area contributed by atoms with Crippen LogP contribution in [0.15, 0.2) is 0 Å². The van der Waals surface area contributed by atoms with Gasteiger partial charge in [-0.25, -0.2) is 13.2 Å². The number of nitrogens with one attached hydrogen (secondary N) is 2. The van der Waals surface area contributed by atoms with E-state index < -0.39 is 115 Å². The lowest BCUT2D eigenvalue weighted by Gasteiger charge is -2.47. The third kappa shape index (κ3) is 10.7. The van der Waals surface area contributed by atoms with E-state index in [1.165, 1.54) is 9.44 Å². The maximum atomic E-state index is 11.9. The van der Waals surface area contributed by atoms with Gasteiger partial charge in [-0.15, -0.1) is 0 Å². The van der Waals surface area contributed by atoms with Gasteiger partial charge in [0.2, 0.25) is 0 Å². The van der Waals surface area contributed by atoms with E-state index in [0.29, 0.717) is 0 Å². The molecule has 242 valence electrons. The van der Waals surface area contributed by atoms with E-state index in [-0.39, 0.29) is 0 Å². The molecule has 2 fully saturated rings. The first-order valence-corrected chi connectivity index (χ1v) is 15.9. The molecule has 0 aliphatic carbocycles. The molecule has 0 aromatic rings. The summed E-state index contributed by atoms with van der Waals surface area (Å²) < 4.78 is 158. The zero-order valence-electron chi connectivity index (χ0n) is 19.9. The molecule has 2 aliphatic heterocycles. The highest BCUT2D eigenvalue weighted by molar-refractivity contribution is 7.84. The summed E-state index contributed by atoms with van der Waals surface area (Å²) in [6, 6.07) is -4.58. The lowest BCUT2D eigenvalue weighted by Crippen LogP contribution is -2.70. The molecule has 10 atom stereocenters. The highest BCUT2D eigenvalue weighted by atomic mass is 32.3. The van der Waals surface area contributed by atoms with Crippen molar-refractivity contribution >= 4 is 47.4 Å². The number of ether oxygens (including phenoxy) is 4. The number of carbonyl (C=O) groups is 1. The predicted molar refractivity (Wildman–Crippen MR) is 120 cm³/mol. The number of aliphatic carboxylic acids is 1. The maximum Gasteiger partial charge on any atom is 0.397 e. The second kappa shape index (κ2) is 13.1. The Kier molecular flexibility index (Phi) is 11.5. The summed E-state index contributed by atoms with van der Waals surface area (Å²) in [4.78, 5) is 11.9. The summed E-state index contributed by atoms with van der Waals surface area (Å²) in [6.45, 7) is -1.41. The Bertz CT molecular complexity index is 1370. The average molecular weight is 689 g/mol. The second-order valence-corrected chi connectivity index (χ2v) is 12.6. The molecule has 0 aromatic heterocycles. The van der Waals surface area contributed by atoms with Crippen LogP contribution in [0.3, 0.4) is 0 Å². The Hall–Kier alpha value is -1.29. The fourth-order valence-corrected chi connectivity index (χ4v) is 5.74. The number of rotatable bonds is 13. The molecule has 24 nitrogen and oxygen atoms in total. The van der Waals surface area contributed by atoms with Crippen molar-refractivity contribution in [1.82, 2.24) is 9.44 Å². The molecule has 0 unspecified atom stereocenters.